The van der Waals surface area contributed by atoms with Crippen LogP contribution in [0.2, 0.25) is 10.0 Å². The molecule has 0 bridgehead atoms. The van der Waals surface area contributed by atoms with Gasteiger partial charge >= 0.3 is 0 Å². The van der Waals surface area contributed by atoms with Gasteiger partial charge in [-0.3, -0.25) is 9.59 Å². The highest BCUT2D eigenvalue weighted by molar-refractivity contribution is 7.98. The largest absolute Gasteiger partial charge is 0.459 e. The van der Waals surface area contributed by atoms with E-state index in [0.29, 0.717) is 53.3 Å². The highest BCUT2D eigenvalue weighted by atomic mass is 35.5. The van der Waals surface area contributed by atoms with Crippen LogP contribution in [0, 0.1) is 0 Å². The van der Waals surface area contributed by atoms with Gasteiger partial charge in [-0.05, 0) is 48.0 Å². The number of benzene rings is 2. The second kappa shape index (κ2) is 9.81. The zero-order valence-corrected chi connectivity index (χ0v) is 18.9. The Kier molecular flexibility index (Phi) is 6.90. The third-order valence-corrected chi connectivity index (χ3v) is 6.85. The molecule has 4 rings (SSSR count). The van der Waals surface area contributed by atoms with E-state index in [4.69, 9.17) is 27.6 Å². The van der Waals surface area contributed by atoms with Gasteiger partial charge in [0.25, 0.3) is 11.8 Å². The molecule has 1 aliphatic heterocycles. The number of amides is 2. The average Bonchev–Trinajstić information content (AvgIpc) is 3.34. The zero-order chi connectivity index (χ0) is 21.8. The molecule has 2 heterocycles. The van der Waals surface area contributed by atoms with Crippen molar-refractivity contribution in [2.45, 2.75) is 10.6 Å². The molecule has 0 radical (unpaired) electrons. The first-order valence-electron chi connectivity index (χ1n) is 9.80. The number of carbonyl (C=O) groups excluding carboxylic acids is 2. The van der Waals surface area contributed by atoms with E-state index in [1.807, 2.05) is 30.3 Å². The molecule has 2 aromatic carbocycles. The van der Waals surface area contributed by atoms with Crippen LogP contribution in [0.25, 0.3) is 0 Å². The van der Waals surface area contributed by atoms with E-state index in [0.717, 1.165) is 10.5 Å². The van der Waals surface area contributed by atoms with Gasteiger partial charge in [-0.1, -0.05) is 35.3 Å². The molecule has 160 valence electrons. The van der Waals surface area contributed by atoms with Crippen LogP contribution in [0.4, 0.5) is 0 Å². The number of hydrogen-bond donors (Lipinski definition) is 0. The van der Waals surface area contributed by atoms with Gasteiger partial charge in [-0.15, -0.1) is 11.8 Å². The molecule has 2 amide bonds. The molecule has 0 saturated carbocycles. The minimum Gasteiger partial charge on any atom is -0.459 e. The Morgan fingerprint density at radius 3 is 2.35 bits per heavy atom. The van der Waals surface area contributed by atoms with Crippen molar-refractivity contribution >= 4 is 46.8 Å². The summed E-state index contributed by atoms with van der Waals surface area (Å²) in [6.07, 6.45) is 1.48. The Hall–Kier alpha value is -2.41. The topological polar surface area (TPSA) is 53.8 Å². The number of hydrogen-bond acceptors (Lipinski definition) is 4. The predicted octanol–water partition coefficient (Wildman–Crippen LogP) is 5.48. The minimum atomic E-state index is -0.143. The van der Waals surface area contributed by atoms with E-state index >= 15 is 0 Å². The summed E-state index contributed by atoms with van der Waals surface area (Å²) in [5, 5.41) is 1.30. The Balaban J connectivity index is 1.36. The molecule has 1 saturated heterocycles. The maximum atomic E-state index is 13.0. The van der Waals surface area contributed by atoms with Gasteiger partial charge in [0.2, 0.25) is 0 Å². The SMILES string of the molecule is O=C(c1cccc(CSc2cc(Cl)ccc2Cl)c1)N1CCN(C(=O)c2ccco2)CC1. The van der Waals surface area contributed by atoms with E-state index in [9.17, 15) is 9.59 Å². The van der Waals surface area contributed by atoms with Crippen LogP contribution in [-0.4, -0.2) is 47.8 Å². The summed E-state index contributed by atoms with van der Waals surface area (Å²) in [6.45, 7) is 1.94. The summed E-state index contributed by atoms with van der Waals surface area (Å²) in [7, 11) is 0. The number of halogens is 2. The lowest BCUT2D eigenvalue weighted by molar-refractivity contribution is 0.0518. The molecule has 8 heteroatoms. The van der Waals surface area contributed by atoms with Gasteiger partial charge in [0.1, 0.15) is 0 Å². The van der Waals surface area contributed by atoms with Crippen LogP contribution in [0.3, 0.4) is 0 Å². The molecule has 0 aliphatic carbocycles. The summed E-state index contributed by atoms with van der Waals surface area (Å²) in [5.74, 6) is 0.824. The third kappa shape index (κ3) is 5.26. The summed E-state index contributed by atoms with van der Waals surface area (Å²) in [6, 6.07) is 16.3. The van der Waals surface area contributed by atoms with E-state index in [1.54, 1.807) is 45.8 Å². The predicted molar refractivity (Wildman–Crippen MR) is 123 cm³/mol. The number of piperazine rings is 1. The van der Waals surface area contributed by atoms with Crippen molar-refractivity contribution < 1.29 is 14.0 Å². The molecule has 1 fully saturated rings. The van der Waals surface area contributed by atoms with Crippen LogP contribution < -0.4 is 0 Å². The van der Waals surface area contributed by atoms with Crippen molar-refractivity contribution in [2.75, 3.05) is 26.2 Å². The van der Waals surface area contributed by atoms with Crippen molar-refractivity contribution in [3.63, 3.8) is 0 Å². The first kappa shape index (κ1) is 21.8. The fourth-order valence-corrected chi connectivity index (χ4v) is 4.83. The molecular formula is C23H20Cl2N2O3S. The van der Waals surface area contributed by atoms with Gasteiger partial charge in [-0.25, -0.2) is 0 Å². The quantitative estimate of drug-likeness (QED) is 0.459. The summed E-state index contributed by atoms with van der Waals surface area (Å²) in [4.78, 5) is 29.8. The highest BCUT2D eigenvalue weighted by Crippen LogP contribution is 2.32. The Labute approximate surface area is 194 Å². The van der Waals surface area contributed by atoms with Crippen LogP contribution >= 0.6 is 35.0 Å². The molecule has 0 spiro atoms. The monoisotopic (exact) mass is 474 g/mol. The van der Waals surface area contributed by atoms with Crippen molar-refractivity contribution in [1.29, 1.82) is 0 Å². The van der Waals surface area contributed by atoms with E-state index in [2.05, 4.69) is 0 Å². The Morgan fingerprint density at radius 1 is 0.903 bits per heavy atom. The molecule has 31 heavy (non-hydrogen) atoms. The minimum absolute atomic E-state index is 0.0299. The number of thioether (sulfide) groups is 1. The number of carbonyl (C=O) groups is 2. The molecule has 0 unspecified atom stereocenters. The molecular weight excluding hydrogens is 455 g/mol. The lowest BCUT2D eigenvalue weighted by Crippen LogP contribution is -2.50. The lowest BCUT2D eigenvalue weighted by Gasteiger charge is -2.34. The number of rotatable bonds is 5. The van der Waals surface area contributed by atoms with Crippen molar-refractivity contribution in [2.24, 2.45) is 0 Å². The van der Waals surface area contributed by atoms with Crippen LogP contribution in [-0.2, 0) is 5.75 Å². The number of nitrogens with zero attached hydrogens (tertiary/aromatic N) is 2. The average molecular weight is 475 g/mol. The lowest BCUT2D eigenvalue weighted by atomic mass is 10.1. The number of furan rings is 1. The molecule has 1 aromatic heterocycles. The van der Waals surface area contributed by atoms with Crippen molar-refractivity contribution in [3.8, 4) is 0 Å². The fourth-order valence-electron chi connectivity index (χ4n) is 3.39. The normalized spacial score (nSPS) is 14.0. The molecule has 3 aromatic rings. The first-order chi connectivity index (χ1) is 15.0. The smallest absolute Gasteiger partial charge is 0.289 e. The highest BCUT2D eigenvalue weighted by Gasteiger charge is 2.26. The van der Waals surface area contributed by atoms with Crippen LogP contribution in [0.1, 0.15) is 26.5 Å². The van der Waals surface area contributed by atoms with Gasteiger partial charge in [0.05, 0.1) is 11.3 Å². The van der Waals surface area contributed by atoms with Gasteiger partial charge in [0, 0.05) is 47.4 Å². The second-order valence-corrected chi connectivity index (χ2v) is 8.99. The summed E-state index contributed by atoms with van der Waals surface area (Å²) >= 11 is 13.9. The van der Waals surface area contributed by atoms with Crippen LogP contribution in [0.15, 0.2) is 70.2 Å². The molecule has 0 atom stereocenters. The van der Waals surface area contributed by atoms with E-state index < -0.39 is 0 Å². The second-order valence-electron chi connectivity index (χ2n) is 7.13. The molecule has 1 aliphatic rings. The standard InChI is InChI=1S/C23H20Cl2N2O3S/c24-18-6-7-19(25)21(14-18)31-15-16-3-1-4-17(13-16)22(28)26-8-10-27(11-9-26)23(29)20-5-2-12-30-20/h1-7,12-14H,8-11,15H2. The molecule has 0 N–H and O–H groups in total. The van der Waals surface area contributed by atoms with Gasteiger partial charge in [0.15, 0.2) is 5.76 Å². The zero-order valence-electron chi connectivity index (χ0n) is 16.6. The fraction of sp³-hybridized carbons (Fsp3) is 0.217. The van der Waals surface area contributed by atoms with E-state index in [1.165, 1.54) is 6.26 Å². The van der Waals surface area contributed by atoms with Gasteiger partial charge < -0.3 is 14.2 Å². The summed E-state index contributed by atoms with van der Waals surface area (Å²) in [5.41, 5.74) is 1.67. The summed E-state index contributed by atoms with van der Waals surface area (Å²) < 4.78 is 5.18. The maximum Gasteiger partial charge on any atom is 0.289 e. The van der Waals surface area contributed by atoms with Crippen molar-refractivity contribution in [1.82, 2.24) is 9.80 Å². The van der Waals surface area contributed by atoms with Crippen molar-refractivity contribution in [3.05, 3.63) is 87.8 Å². The Bertz CT molecular complexity index is 1080. The Morgan fingerprint density at radius 2 is 1.65 bits per heavy atom. The third-order valence-electron chi connectivity index (χ3n) is 5.05. The van der Waals surface area contributed by atoms with E-state index in [-0.39, 0.29) is 11.8 Å². The first-order valence-corrected chi connectivity index (χ1v) is 11.5. The van der Waals surface area contributed by atoms with Crippen LogP contribution in [0.5, 0.6) is 0 Å². The maximum absolute atomic E-state index is 13.0. The molecule has 5 nitrogen and oxygen atoms in total. The van der Waals surface area contributed by atoms with Gasteiger partial charge in [-0.2, -0.15) is 0 Å².